The molecular formula is C10H13NO3S. The van der Waals surface area contributed by atoms with Crippen molar-refractivity contribution in [2.75, 3.05) is 13.2 Å². The first-order chi connectivity index (χ1) is 7.22. The van der Waals surface area contributed by atoms with Gasteiger partial charge in [-0.15, -0.1) is 0 Å². The lowest BCUT2D eigenvalue weighted by Crippen LogP contribution is -2.26. The lowest BCUT2D eigenvalue weighted by Gasteiger charge is -2.06. The second-order valence-electron chi connectivity index (χ2n) is 2.88. The molecule has 5 heteroatoms. The van der Waals surface area contributed by atoms with E-state index < -0.39 is 6.09 Å². The zero-order chi connectivity index (χ0) is 11.1. The van der Waals surface area contributed by atoms with Gasteiger partial charge in [0, 0.05) is 5.75 Å². The fourth-order valence-electron chi connectivity index (χ4n) is 1.02. The average molecular weight is 227 g/mol. The van der Waals surface area contributed by atoms with Crippen LogP contribution in [0.15, 0.2) is 24.3 Å². The van der Waals surface area contributed by atoms with Crippen LogP contribution in [-0.2, 0) is 5.75 Å². The number of hydrogen-bond donors (Lipinski definition) is 3. The molecule has 0 heterocycles. The monoisotopic (exact) mass is 227 g/mol. The second-order valence-corrected chi connectivity index (χ2v) is 3.20. The Hall–Kier alpha value is -1.36. The van der Waals surface area contributed by atoms with E-state index in [0.717, 1.165) is 11.3 Å². The molecule has 0 aromatic heterocycles. The highest BCUT2D eigenvalue weighted by atomic mass is 32.1. The Bertz CT molecular complexity index is 313. The van der Waals surface area contributed by atoms with Crippen molar-refractivity contribution in [2.45, 2.75) is 5.75 Å². The molecule has 0 aliphatic heterocycles. The number of thiol groups is 1. The van der Waals surface area contributed by atoms with Crippen LogP contribution in [-0.4, -0.2) is 24.4 Å². The molecule has 0 radical (unpaired) electrons. The van der Waals surface area contributed by atoms with Crippen LogP contribution in [0, 0.1) is 0 Å². The molecule has 4 nitrogen and oxygen atoms in total. The van der Waals surface area contributed by atoms with E-state index in [1.54, 1.807) is 0 Å². The molecule has 1 rings (SSSR count). The molecule has 0 aliphatic carbocycles. The maximum absolute atomic E-state index is 10.1. The first-order valence-electron chi connectivity index (χ1n) is 4.52. The van der Waals surface area contributed by atoms with Gasteiger partial charge in [-0.2, -0.15) is 12.6 Å². The summed E-state index contributed by atoms with van der Waals surface area (Å²) in [5.74, 6) is 1.42. The van der Waals surface area contributed by atoms with Crippen molar-refractivity contribution in [3.8, 4) is 5.75 Å². The quantitative estimate of drug-likeness (QED) is 0.530. The van der Waals surface area contributed by atoms with Crippen molar-refractivity contribution in [2.24, 2.45) is 0 Å². The number of carboxylic acid groups (broad SMARTS) is 1. The van der Waals surface area contributed by atoms with Crippen LogP contribution < -0.4 is 10.1 Å². The molecule has 0 fully saturated rings. The number of amides is 1. The summed E-state index contributed by atoms with van der Waals surface area (Å²) < 4.78 is 5.31. The zero-order valence-electron chi connectivity index (χ0n) is 8.14. The summed E-state index contributed by atoms with van der Waals surface area (Å²) in [7, 11) is 0. The Morgan fingerprint density at radius 1 is 1.40 bits per heavy atom. The summed E-state index contributed by atoms with van der Waals surface area (Å²) in [6, 6.07) is 7.53. The summed E-state index contributed by atoms with van der Waals surface area (Å²) in [4.78, 5) is 10.1. The van der Waals surface area contributed by atoms with Crippen molar-refractivity contribution in [1.29, 1.82) is 0 Å². The third-order valence-corrected chi connectivity index (χ3v) is 2.12. The summed E-state index contributed by atoms with van der Waals surface area (Å²) in [6.07, 6.45) is -1.04. The third kappa shape index (κ3) is 4.60. The van der Waals surface area contributed by atoms with Crippen molar-refractivity contribution in [3.63, 3.8) is 0 Å². The first-order valence-corrected chi connectivity index (χ1v) is 5.15. The van der Waals surface area contributed by atoms with Gasteiger partial charge in [-0.1, -0.05) is 12.1 Å². The van der Waals surface area contributed by atoms with Crippen molar-refractivity contribution in [1.82, 2.24) is 5.32 Å². The fourth-order valence-corrected chi connectivity index (χ4v) is 1.23. The van der Waals surface area contributed by atoms with Crippen LogP contribution in [0.25, 0.3) is 0 Å². The first kappa shape index (κ1) is 11.7. The Morgan fingerprint density at radius 2 is 2.07 bits per heavy atom. The molecule has 0 bridgehead atoms. The molecule has 1 amide bonds. The summed E-state index contributed by atoms with van der Waals surface area (Å²) in [5, 5.41) is 10.5. The number of carbonyl (C=O) groups is 1. The van der Waals surface area contributed by atoms with E-state index in [0.29, 0.717) is 12.4 Å². The lowest BCUT2D eigenvalue weighted by atomic mass is 10.2. The van der Waals surface area contributed by atoms with Gasteiger partial charge in [0.05, 0.1) is 6.54 Å². The van der Waals surface area contributed by atoms with E-state index >= 15 is 0 Å². The Balaban J connectivity index is 2.28. The van der Waals surface area contributed by atoms with E-state index in [1.807, 2.05) is 24.3 Å². The predicted octanol–water partition coefficient (Wildman–Crippen LogP) is 1.76. The molecule has 15 heavy (non-hydrogen) atoms. The van der Waals surface area contributed by atoms with E-state index in [4.69, 9.17) is 9.84 Å². The fraction of sp³-hybridized carbons (Fsp3) is 0.300. The van der Waals surface area contributed by atoms with Crippen molar-refractivity contribution < 1.29 is 14.6 Å². The van der Waals surface area contributed by atoms with E-state index in [2.05, 4.69) is 17.9 Å². The minimum absolute atomic E-state index is 0.281. The normalized spacial score (nSPS) is 9.67. The Morgan fingerprint density at radius 3 is 2.60 bits per heavy atom. The topological polar surface area (TPSA) is 58.6 Å². The molecule has 82 valence electrons. The average Bonchev–Trinajstić information content (AvgIpc) is 2.25. The highest BCUT2D eigenvalue weighted by Crippen LogP contribution is 2.12. The number of nitrogens with one attached hydrogen (secondary N) is 1. The molecule has 2 N–H and O–H groups in total. The standard InChI is InChI=1S/C10H13NO3S/c12-10(13)11-5-6-14-9-3-1-8(7-15)2-4-9/h1-4,11,15H,5-7H2,(H,12,13). The maximum Gasteiger partial charge on any atom is 0.404 e. The number of benzene rings is 1. The summed E-state index contributed by atoms with van der Waals surface area (Å²) in [5.41, 5.74) is 1.12. The van der Waals surface area contributed by atoms with Gasteiger partial charge < -0.3 is 15.2 Å². The zero-order valence-corrected chi connectivity index (χ0v) is 9.04. The van der Waals surface area contributed by atoms with Crippen LogP contribution in [0.1, 0.15) is 5.56 Å². The van der Waals surface area contributed by atoms with Gasteiger partial charge in [0.1, 0.15) is 12.4 Å². The molecule has 0 unspecified atom stereocenters. The Labute approximate surface area is 93.7 Å². The van der Waals surface area contributed by atoms with Crippen molar-refractivity contribution in [3.05, 3.63) is 29.8 Å². The number of ether oxygens (including phenoxy) is 1. The Kier molecular flexibility index (Phi) is 4.83. The molecule has 0 aliphatic rings. The van der Waals surface area contributed by atoms with Crippen LogP contribution in [0.3, 0.4) is 0 Å². The van der Waals surface area contributed by atoms with Crippen LogP contribution >= 0.6 is 12.6 Å². The molecule has 0 saturated heterocycles. The van der Waals surface area contributed by atoms with Crippen LogP contribution in [0.2, 0.25) is 0 Å². The number of rotatable bonds is 5. The number of hydrogen-bond acceptors (Lipinski definition) is 3. The predicted molar refractivity (Wildman–Crippen MR) is 60.7 cm³/mol. The van der Waals surface area contributed by atoms with Gasteiger partial charge in [-0.25, -0.2) is 4.79 Å². The molecule has 0 spiro atoms. The van der Waals surface area contributed by atoms with Gasteiger partial charge in [-0.05, 0) is 17.7 Å². The largest absolute Gasteiger partial charge is 0.492 e. The SMILES string of the molecule is O=C(O)NCCOc1ccc(CS)cc1. The van der Waals surface area contributed by atoms with E-state index in [1.165, 1.54) is 0 Å². The third-order valence-electron chi connectivity index (χ3n) is 1.75. The summed E-state index contributed by atoms with van der Waals surface area (Å²) >= 11 is 4.14. The molecule has 0 atom stereocenters. The molecule has 1 aromatic rings. The second kappa shape index (κ2) is 6.19. The minimum Gasteiger partial charge on any atom is -0.492 e. The maximum atomic E-state index is 10.1. The molecule has 1 aromatic carbocycles. The minimum atomic E-state index is -1.04. The van der Waals surface area contributed by atoms with Gasteiger partial charge in [0.15, 0.2) is 0 Å². The van der Waals surface area contributed by atoms with Gasteiger partial charge in [0.2, 0.25) is 0 Å². The van der Waals surface area contributed by atoms with Gasteiger partial charge in [-0.3, -0.25) is 0 Å². The molecular weight excluding hydrogens is 214 g/mol. The van der Waals surface area contributed by atoms with Crippen LogP contribution in [0.5, 0.6) is 5.75 Å². The van der Waals surface area contributed by atoms with E-state index in [9.17, 15) is 4.79 Å². The van der Waals surface area contributed by atoms with Gasteiger partial charge >= 0.3 is 6.09 Å². The highest BCUT2D eigenvalue weighted by molar-refractivity contribution is 7.79. The van der Waals surface area contributed by atoms with Crippen molar-refractivity contribution >= 4 is 18.7 Å². The smallest absolute Gasteiger partial charge is 0.404 e. The molecule has 0 saturated carbocycles. The summed E-state index contributed by atoms with van der Waals surface area (Å²) in [6.45, 7) is 0.607. The van der Waals surface area contributed by atoms with Crippen LogP contribution in [0.4, 0.5) is 4.79 Å². The lowest BCUT2D eigenvalue weighted by molar-refractivity contribution is 0.191. The highest BCUT2D eigenvalue weighted by Gasteiger charge is 1.96. The van der Waals surface area contributed by atoms with E-state index in [-0.39, 0.29) is 6.54 Å². The van der Waals surface area contributed by atoms with Gasteiger partial charge in [0.25, 0.3) is 0 Å².